The Morgan fingerprint density at radius 1 is 1.32 bits per heavy atom. The Morgan fingerprint density at radius 2 is 2.21 bits per heavy atom. The predicted molar refractivity (Wildman–Crippen MR) is 76.9 cm³/mol. The smallest absolute Gasteiger partial charge is 0.0537 e. The summed E-state index contributed by atoms with van der Waals surface area (Å²) in [6.07, 6.45) is 7.95. The zero-order valence-corrected chi connectivity index (χ0v) is 11.7. The van der Waals surface area contributed by atoms with E-state index in [0.717, 1.165) is 31.6 Å². The van der Waals surface area contributed by atoms with E-state index in [-0.39, 0.29) is 6.04 Å². The van der Waals surface area contributed by atoms with Crippen molar-refractivity contribution in [3.63, 3.8) is 0 Å². The molecule has 1 unspecified atom stereocenters. The molecule has 4 nitrogen and oxygen atoms in total. The molecule has 19 heavy (non-hydrogen) atoms. The van der Waals surface area contributed by atoms with Crippen molar-refractivity contribution in [2.45, 2.75) is 39.3 Å². The third-order valence-corrected chi connectivity index (χ3v) is 3.16. The normalized spacial score (nSPS) is 12.5. The monoisotopic (exact) mass is 258 g/mol. The second-order valence-corrected chi connectivity index (χ2v) is 4.66. The number of aromatic nitrogens is 3. The number of hydrogen-bond acceptors (Lipinski definition) is 3. The van der Waals surface area contributed by atoms with Gasteiger partial charge in [-0.3, -0.25) is 9.67 Å². The number of pyridine rings is 1. The minimum absolute atomic E-state index is 0.287. The predicted octanol–water partition coefficient (Wildman–Crippen LogP) is 2.58. The van der Waals surface area contributed by atoms with Gasteiger partial charge >= 0.3 is 0 Å². The largest absolute Gasteiger partial charge is 0.310 e. The van der Waals surface area contributed by atoms with Crippen LogP contribution in [0.3, 0.4) is 0 Å². The van der Waals surface area contributed by atoms with Crippen LogP contribution in [0.15, 0.2) is 36.8 Å². The molecule has 4 heteroatoms. The van der Waals surface area contributed by atoms with Gasteiger partial charge in [-0.2, -0.15) is 5.10 Å². The molecule has 0 bridgehead atoms. The van der Waals surface area contributed by atoms with Gasteiger partial charge in [-0.05, 0) is 32.0 Å². The summed E-state index contributed by atoms with van der Waals surface area (Å²) in [7, 11) is 0. The Balaban J connectivity index is 2.11. The zero-order chi connectivity index (χ0) is 13.5. The maximum atomic E-state index is 4.41. The van der Waals surface area contributed by atoms with Crippen molar-refractivity contribution in [1.82, 2.24) is 20.1 Å². The van der Waals surface area contributed by atoms with E-state index >= 15 is 0 Å². The highest BCUT2D eigenvalue weighted by Gasteiger charge is 2.14. The molecule has 0 saturated carbocycles. The van der Waals surface area contributed by atoms with Gasteiger partial charge in [-0.25, -0.2) is 0 Å². The zero-order valence-electron chi connectivity index (χ0n) is 11.7. The third-order valence-electron chi connectivity index (χ3n) is 3.16. The third kappa shape index (κ3) is 3.89. The van der Waals surface area contributed by atoms with Crippen LogP contribution in [-0.2, 0) is 13.0 Å². The molecule has 0 amide bonds. The first-order chi connectivity index (χ1) is 9.33. The maximum absolute atomic E-state index is 4.41. The first kappa shape index (κ1) is 13.7. The summed E-state index contributed by atoms with van der Waals surface area (Å²) in [5, 5.41) is 7.94. The molecule has 0 saturated heterocycles. The van der Waals surface area contributed by atoms with Gasteiger partial charge in [0.25, 0.3) is 0 Å². The van der Waals surface area contributed by atoms with E-state index in [1.807, 2.05) is 29.2 Å². The fourth-order valence-corrected chi connectivity index (χ4v) is 2.09. The van der Waals surface area contributed by atoms with Crippen molar-refractivity contribution in [2.75, 3.05) is 6.54 Å². The molecule has 0 aliphatic carbocycles. The lowest BCUT2D eigenvalue weighted by Crippen LogP contribution is -2.24. The van der Waals surface area contributed by atoms with Gasteiger partial charge in [0.1, 0.15) is 0 Å². The molecule has 1 N–H and O–H groups in total. The molecule has 102 valence electrons. The summed E-state index contributed by atoms with van der Waals surface area (Å²) in [5.41, 5.74) is 2.35. The van der Waals surface area contributed by atoms with Crippen molar-refractivity contribution in [1.29, 1.82) is 0 Å². The molecule has 0 radical (unpaired) electrons. The Kier molecular flexibility index (Phi) is 5.10. The summed E-state index contributed by atoms with van der Waals surface area (Å²) in [6.45, 7) is 6.20. The van der Waals surface area contributed by atoms with Crippen LogP contribution in [0.5, 0.6) is 0 Å². The van der Waals surface area contributed by atoms with Gasteiger partial charge in [-0.15, -0.1) is 0 Å². The van der Waals surface area contributed by atoms with Crippen LogP contribution in [-0.4, -0.2) is 21.3 Å². The minimum atomic E-state index is 0.287. The molecule has 0 aliphatic heterocycles. The van der Waals surface area contributed by atoms with Crippen molar-refractivity contribution in [3.8, 4) is 0 Å². The minimum Gasteiger partial charge on any atom is -0.310 e. The van der Waals surface area contributed by atoms with Gasteiger partial charge in [0.05, 0.1) is 6.20 Å². The van der Waals surface area contributed by atoms with E-state index < -0.39 is 0 Å². The fourth-order valence-electron chi connectivity index (χ4n) is 2.09. The number of nitrogens with zero attached hydrogens (tertiary/aromatic N) is 3. The average Bonchev–Trinajstić information content (AvgIpc) is 2.93. The lowest BCUT2D eigenvalue weighted by Gasteiger charge is -2.16. The lowest BCUT2D eigenvalue weighted by atomic mass is 10.0. The van der Waals surface area contributed by atoms with E-state index in [0.29, 0.717) is 0 Å². The molecule has 2 aromatic heterocycles. The molecular formula is C15H22N4. The Morgan fingerprint density at radius 3 is 2.84 bits per heavy atom. The summed E-state index contributed by atoms with van der Waals surface area (Å²) >= 11 is 0. The molecule has 2 rings (SSSR count). The van der Waals surface area contributed by atoms with E-state index in [4.69, 9.17) is 0 Å². The SMILES string of the molecule is CCCNC(Cc1ccccn1)c1cnn(CC)c1. The van der Waals surface area contributed by atoms with Gasteiger partial charge in [0.2, 0.25) is 0 Å². The standard InChI is InChI=1S/C15H22N4/c1-3-8-17-15(10-14-7-5-6-9-16-14)13-11-18-19(4-2)12-13/h5-7,9,11-12,15,17H,3-4,8,10H2,1-2H3. The molecule has 1 atom stereocenters. The lowest BCUT2D eigenvalue weighted by molar-refractivity contribution is 0.523. The van der Waals surface area contributed by atoms with Crippen LogP contribution in [0.2, 0.25) is 0 Å². The van der Waals surface area contributed by atoms with Crippen LogP contribution >= 0.6 is 0 Å². The average molecular weight is 258 g/mol. The Labute approximate surface area is 114 Å². The van der Waals surface area contributed by atoms with Crippen LogP contribution in [0.25, 0.3) is 0 Å². The Hall–Kier alpha value is -1.68. The highest BCUT2D eigenvalue weighted by atomic mass is 15.3. The van der Waals surface area contributed by atoms with Crippen molar-refractivity contribution < 1.29 is 0 Å². The van der Waals surface area contributed by atoms with Crippen LogP contribution in [0.4, 0.5) is 0 Å². The molecule has 0 aliphatic rings. The molecule has 2 heterocycles. The van der Waals surface area contributed by atoms with E-state index in [9.17, 15) is 0 Å². The second-order valence-electron chi connectivity index (χ2n) is 4.66. The highest BCUT2D eigenvalue weighted by molar-refractivity contribution is 5.15. The van der Waals surface area contributed by atoms with Crippen molar-refractivity contribution >= 4 is 0 Å². The fraction of sp³-hybridized carbons (Fsp3) is 0.467. The van der Waals surface area contributed by atoms with Crippen LogP contribution in [0, 0.1) is 0 Å². The van der Waals surface area contributed by atoms with Gasteiger partial charge in [0.15, 0.2) is 0 Å². The molecular weight excluding hydrogens is 236 g/mol. The Bertz CT molecular complexity index is 478. The first-order valence-electron chi connectivity index (χ1n) is 6.99. The van der Waals surface area contributed by atoms with E-state index in [2.05, 4.69) is 41.5 Å². The number of hydrogen-bond donors (Lipinski definition) is 1. The highest BCUT2D eigenvalue weighted by Crippen LogP contribution is 2.17. The van der Waals surface area contributed by atoms with Gasteiger partial charge in [0, 0.05) is 42.7 Å². The number of aryl methyl sites for hydroxylation is 1. The number of rotatable bonds is 7. The van der Waals surface area contributed by atoms with E-state index in [1.54, 1.807) is 0 Å². The molecule has 0 fully saturated rings. The topological polar surface area (TPSA) is 42.7 Å². The van der Waals surface area contributed by atoms with Gasteiger partial charge in [-0.1, -0.05) is 13.0 Å². The summed E-state index contributed by atoms with van der Waals surface area (Å²) < 4.78 is 1.97. The molecule has 2 aromatic rings. The number of nitrogens with one attached hydrogen (secondary N) is 1. The van der Waals surface area contributed by atoms with E-state index in [1.165, 1.54) is 5.56 Å². The van der Waals surface area contributed by atoms with Crippen molar-refractivity contribution in [2.24, 2.45) is 0 Å². The molecule has 0 aromatic carbocycles. The summed E-state index contributed by atoms with van der Waals surface area (Å²) in [5.74, 6) is 0. The first-order valence-corrected chi connectivity index (χ1v) is 6.99. The van der Waals surface area contributed by atoms with Crippen LogP contribution < -0.4 is 5.32 Å². The van der Waals surface area contributed by atoms with Crippen molar-refractivity contribution in [3.05, 3.63) is 48.0 Å². The quantitative estimate of drug-likeness (QED) is 0.830. The van der Waals surface area contributed by atoms with Crippen LogP contribution in [0.1, 0.15) is 37.6 Å². The molecule has 0 spiro atoms. The maximum Gasteiger partial charge on any atom is 0.0537 e. The van der Waals surface area contributed by atoms with Gasteiger partial charge < -0.3 is 5.32 Å². The summed E-state index contributed by atoms with van der Waals surface area (Å²) in [6, 6.07) is 6.35. The summed E-state index contributed by atoms with van der Waals surface area (Å²) in [4.78, 5) is 4.41. The second kappa shape index (κ2) is 7.04.